The summed E-state index contributed by atoms with van der Waals surface area (Å²) in [6.07, 6.45) is 5.02. The molecular formula is C19H23N2O+. The Labute approximate surface area is 131 Å². The Morgan fingerprint density at radius 1 is 0.955 bits per heavy atom. The molecule has 0 bridgehead atoms. The number of benzene rings is 2. The number of nitrogens with zero attached hydrogens (tertiary/aromatic N) is 2. The van der Waals surface area contributed by atoms with Crippen LogP contribution in [-0.4, -0.2) is 12.1 Å². The number of hydrogen-bond donors (Lipinski definition) is 0. The second-order valence-electron chi connectivity index (χ2n) is 5.64. The third kappa shape index (κ3) is 2.76. The second kappa shape index (κ2) is 6.73. The minimum absolute atomic E-state index is 0.838. The topological polar surface area (TPSA) is 26.0 Å². The highest BCUT2D eigenvalue weighted by Gasteiger charge is 2.18. The molecule has 0 N–H and O–H groups in total. The molecule has 114 valence electrons. The molecule has 3 nitrogen and oxygen atoms in total. The van der Waals surface area contributed by atoms with Gasteiger partial charge in [-0.05, 0) is 18.6 Å². The third-order valence-corrected chi connectivity index (χ3v) is 4.13. The summed E-state index contributed by atoms with van der Waals surface area (Å²) >= 11 is 0. The number of aryl methyl sites for hydroxylation is 1. The summed E-state index contributed by atoms with van der Waals surface area (Å²) in [5.41, 5.74) is 4.31. The van der Waals surface area contributed by atoms with Crippen molar-refractivity contribution in [1.29, 1.82) is 0 Å². The van der Waals surface area contributed by atoms with Crippen LogP contribution < -0.4 is 9.30 Å². The van der Waals surface area contributed by atoms with Crippen molar-refractivity contribution in [3.8, 4) is 5.75 Å². The van der Waals surface area contributed by atoms with Gasteiger partial charge in [0.1, 0.15) is 12.1 Å². The Balaban J connectivity index is 2.15. The second-order valence-corrected chi connectivity index (χ2v) is 5.64. The van der Waals surface area contributed by atoms with Gasteiger partial charge in [0.2, 0.25) is 11.0 Å². The van der Waals surface area contributed by atoms with Crippen molar-refractivity contribution in [3.63, 3.8) is 0 Å². The van der Waals surface area contributed by atoms with Crippen LogP contribution in [0, 0.1) is 0 Å². The number of aromatic nitrogens is 2. The lowest BCUT2D eigenvalue weighted by Crippen LogP contribution is -2.36. The first kappa shape index (κ1) is 14.8. The predicted octanol–water partition coefficient (Wildman–Crippen LogP) is 4.26. The van der Waals surface area contributed by atoms with Crippen molar-refractivity contribution in [3.05, 3.63) is 42.5 Å². The van der Waals surface area contributed by atoms with Crippen LogP contribution in [0.15, 0.2) is 42.5 Å². The molecule has 0 saturated heterocycles. The lowest BCUT2D eigenvalue weighted by molar-refractivity contribution is -0.646. The lowest BCUT2D eigenvalue weighted by atomic mass is 10.2. The summed E-state index contributed by atoms with van der Waals surface area (Å²) in [7, 11) is 1.71. The van der Waals surface area contributed by atoms with E-state index < -0.39 is 0 Å². The number of ether oxygens (including phenoxy) is 1. The molecule has 0 radical (unpaired) electrons. The Kier molecular flexibility index (Phi) is 4.52. The van der Waals surface area contributed by atoms with Crippen molar-refractivity contribution in [2.75, 3.05) is 7.11 Å². The first-order chi connectivity index (χ1) is 10.8. The molecule has 3 aromatic rings. The number of unbranched alkanes of at least 4 members (excludes halogenated alkanes) is 3. The van der Waals surface area contributed by atoms with Crippen molar-refractivity contribution in [2.45, 2.75) is 39.2 Å². The van der Waals surface area contributed by atoms with Gasteiger partial charge in [-0.25, -0.2) is 4.98 Å². The fourth-order valence-electron chi connectivity index (χ4n) is 2.98. The number of fused-ring (bicyclic) bond motifs is 2. The monoisotopic (exact) mass is 295 g/mol. The first-order valence-electron chi connectivity index (χ1n) is 8.10. The van der Waals surface area contributed by atoms with Gasteiger partial charge in [0.05, 0.1) is 7.11 Å². The van der Waals surface area contributed by atoms with E-state index in [1.165, 1.54) is 31.2 Å². The van der Waals surface area contributed by atoms with Crippen LogP contribution in [0.1, 0.15) is 32.6 Å². The van der Waals surface area contributed by atoms with Crippen molar-refractivity contribution in [1.82, 2.24) is 4.98 Å². The van der Waals surface area contributed by atoms with Crippen molar-refractivity contribution >= 4 is 22.1 Å². The van der Waals surface area contributed by atoms with Crippen LogP contribution in [0.5, 0.6) is 5.75 Å². The van der Waals surface area contributed by atoms with E-state index in [-0.39, 0.29) is 0 Å². The molecule has 0 amide bonds. The van der Waals surface area contributed by atoms with Gasteiger partial charge in [-0.2, -0.15) is 4.57 Å². The van der Waals surface area contributed by atoms with E-state index in [0.717, 1.165) is 28.8 Å². The minimum Gasteiger partial charge on any atom is -0.494 e. The summed E-state index contributed by atoms with van der Waals surface area (Å²) in [5.74, 6) is 0.838. The van der Waals surface area contributed by atoms with Crippen LogP contribution in [-0.2, 0) is 6.54 Å². The van der Waals surface area contributed by atoms with Gasteiger partial charge in [0, 0.05) is 18.6 Å². The Morgan fingerprint density at radius 3 is 2.59 bits per heavy atom. The zero-order valence-corrected chi connectivity index (χ0v) is 13.4. The molecule has 0 aliphatic rings. The molecular weight excluding hydrogens is 272 g/mol. The van der Waals surface area contributed by atoms with E-state index in [2.05, 4.69) is 35.8 Å². The van der Waals surface area contributed by atoms with Crippen LogP contribution in [0.4, 0.5) is 0 Å². The van der Waals surface area contributed by atoms with Gasteiger partial charge < -0.3 is 4.74 Å². The summed E-state index contributed by atoms with van der Waals surface area (Å²) in [5, 5.41) is 0. The highest BCUT2D eigenvalue weighted by molar-refractivity contribution is 5.85. The fourth-order valence-corrected chi connectivity index (χ4v) is 2.98. The molecule has 22 heavy (non-hydrogen) atoms. The van der Waals surface area contributed by atoms with Crippen LogP contribution in [0.25, 0.3) is 22.1 Å². The summed E-state index contributed by atoms with van der Waals surface area (Å²) in [4.78, 5) is 4.81. The fraction of sp³-hybridized carbons (Fsp3) is 0.368. The van der Waals surface area contributed by atoms with E-state index in [9.17, 15) is 0 Å². The largest absolute Gasteiger partial charge is 0.494 e. The molecule has 0 saturated carbocycles. The molecule has 1 aromatic heterocycles. The maximum Gasteiger partial charge on any atom is 0.235 e. The molecule has 0 atom stereocenters. The quantitative estimate of drug-likeness (QED) is 0.386. The number of methoxy groups -OCH3 is 1. The Bertz CT molecular complexity index is 783. The van der Waals surface area contributed by atoms with Gasteiger partial charge in [-0.3, -0.25) is 0 Å². The Morgan fingerprint density at radius 2 is 1.77 bits per heavy atom. The summed E-state index contributed by atoms with van der Waals surface area (Å²) < 4.78 is 7.88. The minimum atomic E-state index is 0.838. The molecule has 1 heterocycles. The molecule has 0 unspecified atom stereocenters. The third-order valence-electron chi connectivity index (χ3n) is 4.13. The summed E-state index contributed by atoms with van der Waals surface area (Å²) in [6, 6.07) is 14.5. The predicted molar refractivity (Wildman–Crippen MR) is 90.1 cm³/mol. The van der Waals surface area contributed by atoms with Gasteiger partial charge in [0.15, 0.2) is 11.3 Å². The SMILES string of the molecule is CCCCCC[n+]1c2ccccc2nc2c(OC)cccc21. The average Bonchev–Trinajstić information content (AvgIpc) is 2.57. The van der Waals surface area contributed by atoms with Crippen LogP contribution in [0.2, 0.25) is 0 Å². The van der Waals surface area contributed by atoms with E-state index in [0.29, 0.717) is 0 Å². The van der Waals surface area contributed by atoms with Crippen LogP contribution >= 0.6 is 0 Å². The highest BCUT2D eigenvalue weighted by Crippen LogP contribution is 2.23. The zero-order valence-electron chi connectivity index (χ0n) is 13.4. The number of para-hydroxylation sites is 3. The maximum atomic E-state index is 5.50. The molecule has 0 aliphatic carbocycles. The van der Waals surface area contributed by atoms with Crippen molar-refractivity contribution in [2.24, 2.45) is 0 Å². The van der Waals surface area contributed by atoms with E-state index in [1.54, 1.807) is 7.11 Å². The van der Waals surface area contributed by atoms with E-state index in [4.69, 9.17) is 9.72 Å². The van der Waals surface area contributed by atoms with Gasteiger partial charge >= 0.3 is 0 Å². The Hall–Kier alpha value is -2.16. The molecule has 3 heteroatoms. The van der Waals surface area contributed by atoms with Gasteiger partial charge in [-0.15, -0.1) is 0 Å². The molecule has 0 aliphatic heterocycles. The molecule has 2 aromatic carbocycles. The molecule has 3 rings (SSSR count). The average molecular weight is 295 g/mol. The smallest absolute Gasteiger partial charge is 0.235 e. The number of rotatable bonds is 6. The van der Waals surface area contributed by atoms with Gasteiger partial charge in [-0.1, -0.05) is 38.0 Å². The normalized spacial score (nSPS) is 11.2. The zero-order chi connectivity index (χ0) is 15.4. The first-order valence-corrected chi connectivity index (χ1v) is 8.10. The van der Waals surface area contributed by atoms with E-state index in [1.807, 2.05) is 18.2 Å². The van der Waals surface area contributed by atoms with E-state index >= 15 is 0 Å². The number of hydrogen-bond acceptors (Lipinski definition) is 2. The van der Waals surface area contributed by atoms with Crippen molar-refractivity contribution < 1.29 is 9.30 Å². The van der Waals surface area contributed by atoms with Crippen LogP contribution in [0.3, 0.4) is 0 Å². The lowest BCUT2D eigenvalue weighted by Gasteiger charge is -2.08. The maximum absolute atomic E-state index is 5.50. The summed E-state index contributed by atoms with van der Waals surface area (Å²) in [6.45, 7) is 3.27. The van der Waals surface area contributed by atoms with Gasteiger partial charge in [0.25, 0.3) is 0 Å². The standard InChI is InChI=1S/C19H23N2O/c1-3-4-5-8-14-21-16-11-7-6-10-15(16)20-19-17(21)12-9-13-18(19)22-2/h6-7,9-13H,3-5,8,14H2,1-2H3/q+1. The highest BCUT2D eigenvalue weighted by atomic mass is 16.5. The molecule has 0 spiro atoms. The molecule has 0 fully saturated rings.